The SMILES string of the molecule is CCc1cc2c3c(cccc3c1)C=C(N)C2N. The van der Waals surface area contributed by atoms with Gasteiger partial charge < -0.3 is 11.5 Å². The topological polar surface area (TPSA) is 52.0 Å². The lowest BCUT2D eigenvalue weighted by molar-refractivity contribution is 0.840. The lowest BCUT2D eigenvalue weighted by Gasteiger charge is -2.22. The minimum Gasteiger partial charge on any atom is -0.400 e. The third-order valence-electron chi connectivity index (χ3n) is 3.52. The molecule has 0 aliphatic heterocycles. The van der Waals surface area contributed by atoms with Crippen molar-refractivity contribution in [2.24, 2.45) is 11.5 Å². The first-order chi connectivity index (χ1) is 8.20. The Kier molecular flexibility index (Phi) is 2.20. The van der Waals surface area contributed by atoms with Crippen LogP contribution in [0.15, 0.2) is 36.0 Å². The van der Waals surface area contributed by atoms with Crippen LogP contribution in [-0.2, 0) is 6.42 Å². The van der Waals surface area contributed by atoms with Crippen LogP contribution in [0.1, 0.15) is 29.7 Å². The fourth-order valence-corrected chi connectivity index (χ4v) is 2.57. The van der Waals surface area contributed by atoms with Crippen LogP contribution in [0.3, 0.4) is 0 Å². The van der Waals surface area contributed by atoms with Gasteiger partial charge in [-0.2, -0.15) is 0 Å². The number of hydrogen-bond donors (Lipinski definition) is 2. The van der Waals surface area contributed by atoms with Crippen molar-refractivity contribution in [3.8, 4) is 0 Å². The summed E-state index contributed by atoms with van der Waals surface area (Å²) in [5.74, 6) is 0. The van der Waals surface area contributed by atoms with Gasteiger partial charge in [0.1, 0.15) is 0 Å². The number of benzene rings is 2. The Bertz CT molecular complexity index is 626. The molecule has 1 aliphatic carbocycles. The van der Waals surface area contributed by atoms with E-state index in [1.54, 1.807) is 0 Å². The zero-order chi connectivity index (χ0) is 12.0. The first kappa shape index (κ1) is 10.4. The number of rotatable bonds is 1. The fourth-order valence-electron chi connectivity index (χ4n) is 2.57. The second-order valence-corrected chi connectivity index (χ2v) is 4.61. The smallest absolute Gasteiger partial charge is 0.0705 e. The summed E-state index contributed by atoms with van der Waals surface area (Å²) in [4.78, 5) is 0. The molecule has 0 saturated carbocycles. The summed E-state index contributed by atoms with van der Waals surface area (Å²) in [7, 11) is 0. The minimum absolute atomic E-state index is 0.168. The predicted octanol–water partition coefficient (Wildman–Crippen LogP) is 2.72. The second-order valence-electron chi connectivity index (χ2n) is 4.61. The zero-order valence-electron chi connectivity index (χ0n) is 9.90. The van der Waals surface area contributed by atoms with Gasteiger partial charge in [-0.15, -0.1) is 0 Å². The molecule has 1 aliphatic rings. The van der Waals surface area contributed by atoms with E-state index in [1.165, 1.54) is 21.9 Å². The van der Waals surface area contributed by atoms with Crippen LogP contribution in [-0.4, -0.2) is 0 Å². The average molecular weight is 224 g/mol. The van der Waals surface area contributed by atoms with Crippen molar-refractivity contribution in [3.63, 3.8) is 0 Å². The third kappa shape index (κ3) is 1.45. The summed E-state index contributed by atoms with van der Waals surface area (Å²) in [5, 5.41) is 2.52. The molecule has 0 amide bonds. The number of aryl methyl sites for hydroxylation is 1. The Balaban J connectivity index is 2.43. The van der Waals surface area contributed by atoms with Crippen molar-refractivity contribution < 1.29 is 0 Å². The second kappa shape index (κ2) is 3.60. The summed E-state index contributed by atoms with van der Waals surface area (Å²) in [5.41, 5.74) is 16.6. The third-order valence-corrected chi connectivity index (χ3v) is 3.52. The van der Waals surface area contributed by atoms with Gasteiger partial charge in [-0.1, -0.05) is 37.3 Å². The maximum absolute atomic E-state index is 6.18. The fraction of sp³-hybridized carbons (Fsp3) is 0.200. The van der Waals surface area contributed by atoms with Crippen molar-refractivity contribution in [1.29, 1.82) is 0 Å². The molecule has 1 atom stereocenters. The molecule has 4 N–H and O–H groups in total. The van der Waals surface area contributed by atoms with Crippen molar-refractivity contribution in [1.82, 2.24) is 0 Å². The molecule has 0 aromatic heterocycles. The van der Waals surface area contributed by atoms with Gasteiger partial charge in [0.05, 0.1) is 6.04 Å². The Labute approximate surface area is 101 Å². The van der Waals surface area contributed by atoms with E-state index in [9.17, 15) is 0 Å². The Hall–Kier alpha value is -1.80. The summed E-state index contributed by atoms with van der Waals surface area (Å²) < 4.78 is 0. The van der Waals surface area contributed by atoms with E-state index in [0.717, 1.165) is 17.7 Å². The quantitative estimate of drug-likeness (QED) is 0.782. The lowest BCUT2D eigenvalue weighted by atomic mass is 9.87. The van der Waals surface area contributed by atoms with E-state index in [-0.39, 0.29) is 6.04 Å². The highest BCUT2D eigenvalue weighted by atomic mass is 14.7. The van der Waals surface area contributed by atoms with Gasteiger partial charge in [0, 0.05) is 5.70 Å². The monoisotopic (exact) mass is 224 g/mol. The minimum atomic E-state index is -0.168. The largest absolute Gasteiger partial charge is 0.400 e. The molecule has 0 heterocycles. The molecular weight excluding hydrogens is 208 g/mol. The van der Waals surface area contributed by atoms with Gasteiger partial charge in [0.25, 0.3) is 0 Å². The van der Waals surface area contributed by atoms with Crippen molar-refractivity contribution in [2.75, 3.05) is 0 Å². The highest BCUT2D eigenvalue weighted by Crippen LogP contribution is 2.35. The van der Waals surface area contributed by atoms with Gasteiger partial charge in [-0.05, 0) is 40.0 Å². The molecule has 3 rings (SSSR count). The lowest BCUT2D eigenvalue weighted by Crippen LogP contribution is -2.21. The highest BCUT2D eigenvalue weighted by Gasteiger charge is 2.19. The number of hydrogen-bond acceptors (Lipinski definition) is 2. The van der Waals surface area contributed by atoms with Crippen molar-refractivity contribution in [3.05, 3.63) is 52.7 Å². The number of nitrogens with two attached hydrogens (primary N) is 2. The van der Waals surface area contributed by atoms with Crippen LogP contribution in [0, 0.1) is 0 Å². The van der Waals surface area contributed by atoms with E-state index >= 15 is 0 Å². The Morgan fingerprint density at radius 1 is 1.24 bits per heavy atom. The zero-order valence-corrected chi connectivity index (χ0v) is 9.90. The summed E-state index contributed by atoms with van der Waals surface area (Å²) in [6.45, 7) is 2.16. The average Bonchev–Trinajstić information content (AvgIpc) is 2.35. The van der Waals surface area contributed by atoms with Gasteiger partial charge in [0.2, 0.25) is 0 Å². The first-order valence-electron chi connectivity index (χ1n) is 5.99. The molecule has 2 aromatic carbocycles. The molecule has 86 valence electrons. The van der Waals surface area contributed by atoms with E-state index < -0.39 is 0 Å². The van der Waals surface area contributed by atoms with E-state index in [2.05, 4.69) is 37.3 Å². The van der Waals surface area contributed by atoms with Crippen LogP contribution in [0.25, 0.3) is 16.8 Å². The molecule has 17 heavy (non-hydrogen) atoms. The summed E-state index contributed by atoms with van der Waals surface area (Å²) in [6.07, 6.45) is 3.01. The molecule has 0 spiro atoms. The molecule has 2 heteroatoms. The van der Waals surface area contributed by atoms with Gasteiger partial charge in [0.15, 0.2) is 0 Å². The summed E-state index contributed by atoms with van der Waals surface area (Å²) in [6, 6.07) is 10.6. The van der Waals surface area contributed by atoms with Crippen LogP contribution >= 0.6 is 0 Å². The maximum Gasteiger partial charge on any atom is 0.0705 e. The van der Waals surface area contributed by atoms with E-state index in [1.807, 2.05) is 6.08 Å². The standard InChI is InChI=1S/C15H16N2/c1-2-9-6-10-4-3-5-11-8-13(16)15(17)12(7-9)14(10)11/h3-8,15H,2,16-17H2,1H3. The van der Waals surface area contributed by atoms with Crippen molar-refractivity contribution >= 4 is 16.8 Å². The normalized spacial score (nSPS) is 18.2. The van der Waals surface area contributed by atoms with Gasteiger partial charge >= 0.3 is 0 Å². The molecule has 0 radical (unpaired) electrons. The highest BCUT2D eigenvalue weighted by molar-refractivity contribution is 5.96. The van der Waals surface area contributed by atoms with Crippen LogP contribution in [0.2, 0.25) is 0 Å². The molecule has 0 bridgehead atoms. The molecule has 2 aromatic rings. The maximum atomic E-state index is 6.18. The van der Waals surface area contributed by atoms with E-state index in [4.69, 9.17) is 11.5 Å². The van der Waals surface area contributed by atoms with Crippen LogP contribution in [0.5, 0.6) is 0 Å². The van der Waals surface area contributed by atoms with Crippen LogP contribution in [0.4, 0.5) is 0 Å². The molecule has 1 unspecified atom stereocenters. The Morgan fingerprint density at radius 3 is 2.82 bits per heavy atom. The molecule has 0 fully saturated rings. The van der Waals surface area contributed by atoms with Crippen molar-refractivity contribution in [2.45, 2.75) is 19.4 Å². The van der Waals surface area contributed by atoms with Gasteiger partial charge in [-0.3, -0.25) is 0 Å². The molecule has 0 saturated heterocycles. The molecular formula is C15H16N2. The van der Waals surface area contributed by atoms with E-state index in [0.29, 0.717) is 0 Å². The van der Waals surface area contributed by atoms with Gasteiger partial charge in [-0.25, -0.2) is 0 Å². The first-order valence-corrected chi connectivity index (χ1v) is 5.99. The Morgan fingerprint density at radius 2 is 2.06 bits per heavy atom. The molecule has 2 nitrogen and oxygen atoms in total. The van der Waals surface area contributed by atoms with Crippen LogP contribution < -0.4 is 11.5 Å². The summed E-state index contributed by atoms with van der Waals surface area (Å²) >= 11 is 0. The predicted molar refractivity (Wildman–Crippen MR) is 72.4 cm³/mol.